The number of rotatable bonds is 5. The van der Waals surface area contributed by atoms with E-state index < -0.39 is 29.2 Å². The molecule has 0 unspecified atom stereocenters. The fourth-order valence-electron chi connectivity index (χ4n) is 1.50. The number of nitrogens with zero attached hydrogens (tertiary/aromatic N) is 4. The second-order valence-electron chi connectivity index (χ2n) is 3.95. The largest absolute Gasteiger partial charge is 0.480 e. The van der Waals surface area contributed by atoms with Crippen LogP contribution in [0.3, 0.4) is 0 Å². The molecule has 0 atom stereocenters. The number of carbonyl (C=O) groups is 2. The number of pyridine rings is 1. The number of hydrogen-bond donors (Lipinski definition) is 2. The molecule has 0 aromatic carbocycles. The lowest BCUT2D eigenvalue weighted by Gasteiger charge is -2.04. The molecule has 1 amide bonds. The van der Waals surface area contributed by atoms with Crippen molar-refractivity contribution in [3.05, 3.63) is 41.5 Å². The average Bonchev–Trinajstić information content (AvgIpc) is 2.86. The van der Waals surface area contributed by atoms with Crippen LogP contribution in [0.4, 0.5) is 8.78 Å². The highest BCUT2D eigenvalue weighted by molar-refractivity contribution is 5.94. The first kappa shape index (κ1) is 14.5. The van der Waals surface area contributed by atoms with Crippen molar-refractivity contribution in [3.8, 4) is 0 Å². The summed E-state index contributed by atoms with van der Waals surface area (Å²) >= 11 is 0. The summed E-state index contributed by atoms with van der Waals surface area (Å²) < 4.78 is 27.3. The van der Waals surface area contributed by atoms with Gasteiger partial charge in [-0.25, -0.2) is 14.1 Å². The normalized spacial score (nSPS) is 10.4. The van der Waals surface area contributed by atoms with Gasteiger partial charge in [-0.1, -0.05) is 5.21 Å². The molecular weight excluding hydrogens is 288 g/mol. The quantitative estimate of drug-likeness (QED) is 0.750. The summed E-state index contributed by atoms with van der Waals surface area (Å²) in [6.45, 7) is -0.479. The van der Waals surface area contributed by atoms with Gasteiger partial charge < -0.3 is 10.4 Å². The third-order valence-electron chi connectivity index (χ3n) is 2.40. The van der Waals surface area contributed by atoms with Crippen LogP contribution in [-0.2, 0) is 17.9 Å². The molecule has 0 saturated heterocycles. The van der Waals surface area contributed by atoms with Gasteiger partial charge in [0.15, 0.2) is 5.82 Å². The van der Waals surface area contributed by atoms with Gasteiger partial charge in [0, 0.05) is 6.20 Å². The van der Waals surface area contributed by atoms with Crippen molar-refractivity contribution >= 4 is 11.9 Å². The van der Waals surface area contributed by atoms with Crippen LogP contribution in [0.1, 0.15) is 16.1 Å². The molecule has 0 radical (unpaired) electrons. The minimum atomic E-state index is -1.37. The summed E-state index contributed by atoms with van der Waals surface area (Å²) in [5.41, 5.74) is -0.208. The summed E-state index contributed by atoms with van der Waals surface area (Å²) in [5, 5.41) is 18.0. The third-order valence-corrected chi connectivity index (χ3v) is 2.40. The molecule has 0 bridgehead atoms. The van der Waals surface area contributed by atoms with E-state index in [4.69, 9.17) is 5.11 Å². The van der Waals surface area contributed by atoms with Gasteiger partial charge in [-0.15, -0.1) is 5.10 Å². The van der Waals surface area contributed by atoms with Gasteiger partial charge >= 0.3 is 5.97 Å². The SMILES string of the molecule is O=C(O)Cn1cc(CNC(=O)c2ccnc(F)c2F)nn1. The predicted octanol–water partition coefficient (Wildman–Crippen LogP) is -0.0341. The van der Waals surface area contributed by atoms with Gasteiger partial charge in [-0.05, 0) is 6.07 Å². The van der Waals surface area contributed by atoms with Crippen molar-refractivity contribution in [2.45, 2.75) is 13.1 Å². The van der Waals surface area contributed by atoms with E-state index in [-0.39, 0.29) is 18.8 Å². The number of nitrogens with one attached hydrogen (secondary N) is 1. The first-order valence-corrected chi connectivity index (χ1v) is 5.66. The summed E-state index contributed by atoms with van der Waals surface area (Å²) in [6, 6.07) is 1.04. The average molecular weight is 297 g/mol. The maximum absolute atomic E-state index is 13.3. The van der Waals surface area contributed by atoms with Crippen LogP contribution in [0.5, 0.6) is 0 Å². The van der Waals surface area contributed by atoms with Crippen molar-refractivity contribution in [3.63, 3.8) is 0 Å². The van der Waals surface area contributed by atoms with Crippen LogP contribution < -0.4 is 5.32 Å². The Morgan fingerprint density at radius 1 is 1.38 bits per heavy atom. The molecule has 2 heterocycles. The lowest BCUT2D eigenvalue weighted by atomic mass is 10.2. The number of carboxylic acid groups (broad SMARTS) is 1. The third kappa shape index (κ3) is 3.55. The minimum absolute atomic E-state index is 0.109. The van der Waals surface area contributed by atoms with Crippen molar-refractivity contribution in [2.75, 3.05) is 0 Å². The molecule has 10 heteroatoms. The topological polar surface area (TPSA) is 110 Å². The lowest BCUT2D eigenvalue weighted by molar-refractivity contribution is -0.137. The van der Waals surface area contributed by atoms with Crippen LogP contribution in [0.15, 0.2) is 18.5 Å². The fraction of sp³-hybridized carbons (Fsp3) is 0.182. The second-order valence-corrected chi connectivity index (χ2v) is 3.95. The molecule has 0 fully saturated rings. The van der Waals surface area contributed by atoms with Crippen LogP contribution >= 0.6 is 0 Å². The standard InChI is InChI=1S/C11H9F2N5O3/c12-9-7(1-2-14-10(9)13)11(21)15-3-6-4-18(17-16-6)5-8(19)20/h1-2,4H,3,5H2,(H,15,21)(H,19,20). The zero-order valence-electron chi connectivity index (χ0n) is 10.5. The first-order valence-electron chi connectivity index (χ1n) is 5.66. The molecule has 2 aromatic heterocycles. The van der Waals surface area contributed by atoms with Gasteiger partial charge in [0.1, 0.15) is 12.2 Å². The summed E-state index contributed by atoms with van der Waals surface area (Å²) in [7, 11) is 0. The van der Waals surface area contributed by atoms with Crippen LogP contribution in [0, 0.1) is 11.8 Å². The van der Waals surface area contributed by atoms with E-state index in [2.05, 4.69) is 20.6 Å². The van der Waals surface area contributed by atoms with Crippen molar-refractivity contribution in [1.29, 1.82) is 0 Å². The Hall–Kier alpha value is -2.91. The zero-order chi connectivity index (χ0) is 15.4. The van der Waals surface area contributed by atoms with Gasteiger partial charge in [0.25, 0.3) is 5.91 Å². The van der Waals surface area contributed by atoms with E-state index in [1.807, 2.05) is 0 Å². The molecule has 0 saturated carbocycles. The molecule has 0 aliphatic rings. The van der Waals surface area contributed by atoms with Crippen molar-refractivity contribution in [2.24, 2.45) is 0 Å². The highest BCUT2D eigenvalue weighted by atomic mass is 19.2. The number of hydrogen-bond acceptors (Lipinski definition) is 5. The molecule has 8 nitrogen and oxygen atoms in total. The molecule has 110 valence electrons. The molecule has 2 aromatic rings. The first-order chi connectivity index (χ1) is 9.97. The summed E-state index contributed by atoms with van der Waals surface area (Å²) in [5.74, 6) is -4.65. The summed E-state index contributed by atoms with van der Waals surface area (Å²) in [6.07, 6.45) is 2.29. The maximum atomic E-state index is 13.3. The molecule has 2 rings (SSSR count). The molecular formula is C11H9F2N5O3. The number of carbonyl (C=O) groups excluding carboxylic acids is 1. The van der Waals surface area contributed by atoms with Crippen LogP contribution in [-0.4, -0.2) is 37.0 Å². The van der Waals surface area contributed by atoms with Gasteiger partial charge in [-0.3, -0.25) is 9.59 Å². The van der Waals surface area contributed by atoms with Gasteiger partial charge in [0.2, 0.25) is 5.95 Å². The van der Waals surface area contributed by atoms with E-state index in [9.17, 15) is 18.4 Å². The number of aliphatic carboxylic acids is 1. The zero-order valence-corrected chi connectivity index (χ0v) is 10.5. The van der Waals surface area contributed by atoms with Crippen molar-refractivity contribution < 1.29 is 23.5 Å². The Labute approximate surface area is 116 Å². The van der Waals surface area contributed by atoms with E-state index in [1.165, 1.54) is 6.20 Å². The Bertz CT molecular complexity index is 688. The highest BCUT2D eigenvalue weighted by Crippen LogP contribution is 2.08. The predicted molar refractivity (Wildman–Crippen MR) is 63.0 cm³/mol. The molecule has 0 aliphatic carbocycles. The van der Waals surface area contributed by atoms with Gasteiger partial charge in [0.05, 0.1) is 18.3 Å². The Morgan fingerprint density at radius 2 is 2.14 bits per heavy atom. The fourth-order valence-corrected chi connectivity index (χ4v) is 1.50. The van der Waals surface area contributed by atoms with E-state index in [0.29, 0.717) is 0 Å². The van der Waals surface area contributed by atoms with Crippen LogP contribution in [0.2, 0.25) is 0 Å². The van der Waals surface area contributed by atoms with E-state index in [1.54, 1.807) is 0 Å². The van der Waals surface area contributed by atoms with Crippen molar-refractivity contribution in [1.82, 2.24) is 25.3 Å². The monoisotopic (exact) mass is 297 g/mol. The highest BCUT2D eigenvalue weighted by Gasteiger charge is 2.16. The molecule has 2 N–H and O–H groups in total. The maximum Gasteiger partial charge on any atom is 0.325 e. The minimum Gasteiger partial charge on any atom is -0.480 e. The van der Waals surface area contributed by atoms with Gasteiger partial charge in [-0.2, -0.15) is 4.39 Å². The second kappa shape index (κ2) is 6.03. The number of aromatic nitrogens is 4. The molecule has 0 aliphatic heterocycles. The lowest BCUT2D eigenvalue weighted by Crippen LogP contribution is -2.24. The number of halogens is 2. The van der Waals surface area contributed by atoms with E-state index in [0.717, 1.165) is 16.9 Å². The number of amides is 1. The Kier molecular flexibility index (Phi) is 4.16. The molecule has 21 heavy (non-hydrogen) atoms. The van der Waals surface area contributed by atoms with Crippen LogP contribution in [0.25, 0.3) is 0 Å². The summed E-state index contributed by atoms with van der Waals surface area (Å²) in [4.78, 5) is 25.2. The Balaban J connectivity index is 1.99. The number of carboxylic acids is 1. The Morgan fingerprint density at radius 3 is 2.86 bits per heavy atom. The smallest absolute Gasteiger partial charge is 0.325 e. The molecule has 0 spiro atoms. The van der Waals surface area contributed by atoms with E-state index >= 15 is 0 Å².